The molecule has 5 N–H and O–H groups in total. The molecule has 5 aromatic rings. The SMILES string of the molecule is C=C/C(F)=c1/sc(N)c(C#N)/c1=C\c1c(C(F)(F)F)cc2c(N3CC4CCC(C3)N4)nc(OC)nc2c1F.CC.CC(C)C.C[C@H](NC(=O)[C@@H]1CCCN1C(=O)CNC(=O)CCOCCCN1CCCC1)c1ccc(-c2c(F)cc(F)cc2F)cc1. The molecule has 466 valence electrons. The van der Waals surface area contributed by atoms with Gasteiger partial charge in [-0.15, -0.1) is 11.3 Å². The molecule has 4 saturated heterocycles. The Hall–Kier alpha value is -7.20. The topological polar surface area (TPSA) is 191 Å². The number of rotatable bonds is 17. The molecular formula is C62H76F8N10O5S. The van der Waals surface area contributed by atoms with Crippen LogP contribution >= 0.6 is 11.3 Å². The molecule has 3 amide bonds. The largest absolute Gasteiger partial charge is 0.467 e. The number of anilines is 2. The van der Waals surface area contributed by atoms with E-state index in [-0.39, 0.29) is 91.4 Å². The summed E-state index contributed by atoms with van der Waals surface area (Å²) in [7, 11) is 1.27. The normalized spacial score (nSPS) is 18.3. The third-order valence-electron chi connectivity index (χ3n) is 14.5. The second kappa shape index (κ2) is 31.4. The molecule has 0 radical (unpaired) electrons. The number of aromatic nitrogens is 2. The Kier molecular flexibility index (Phi) is 24.8. The summed E-state index contributed by atoms with van der Waals surface area (Å²) in [5.41, 5.74) is 3.52. The maximum atomic E-state index is 16.1. The number of benzene rings is 3. The van der Waals surface area contributed by atoms with E-state index >= 15 is 4.39 Å². The lowest BCUT2D eigenvalue weighted by Crippen LogP contribution is -2.51. The molecule has 0 saturated carbocycles. The van der Waals surface area contributed by atoms with Crippen molar-refractivity contribution < 1.29 is 59.0 Å². The molecule has 0 spiro atoms. The number of fused-ring (bicyclic) bond motifs is 3. The fraction of sp³-hybridized carbons (Fsp3) is 0.484. The Morgan fingerprint density at radius 3 is 2.17 bits per heavy atom. The lowest BCUT2D eigenvalue weighted by Gasteiger charge is -2.34. The first-order chi connectivity index (χ1) is 41.0. The van der Waals surface area contributed by atoms with Crippen LogP contribution in [0.4, 0.5) is 45.9 Å². The van der Waals surface area contributed by atoms with Gasteiger partial charge in [-0.3, -0.25) is 14.4 Å². The summed E-state index contributed by atoms with van der Waals surface area (Å²) in [4.78, 5) is 52.1. The summed E-state index contributed by atoms with van der Waals surface area (Å²) in [6.45, 7) is 21.0. The molecule has 15 nitrogen and oxygen atoms in total. The highest BCUT2D eigenvalue weighted by Crippen LogP contribution is 2.40. The predicted octanol–water partition coefficient (Wildman–Crippen LogP) is 9.98. The summed E-state index contributed by atoms with van der Waals surface area (Å²) in [6, 6.07) is 9.03. The van der Waals surface area contributed by atoms with Crippen molar-refractivity contribution in [1.29, 1.82) is 5.26 Å². The fourth-order valence-corrected chi connectivity index (χ4v) is 11.5. The zero-order chi connectivity index (χ0) is 63.0. The quantitative estimate of drug-likeness (QED) is 0.0510. The number of thiophene rings is 1. The highest BCUT2D eigenvalue weighted by Gasteiger charge is 2.39. The number of halogens is 8. The minimum Gasteiger partial charge on any atom is -0.467 e. The molecular weight excluding hydrogens is 1150 g/mol. The minimum atomic E-state index is -5.00. The van der Waals surface area contributed by atoms with Crippen molar-refractivity contribution in [2.24, 2.45) is 5.92 Å². The van der Waals surface area contributed by atoms with Gasteiger partial charge in [-0.25, -0.2) is 22.0 Å². The summed E-state index contributed by atoms with van der Waals surface area (Å²) in [5, 5.41) is 18.0. The number of ether oxygens (including phenoxy) is 2. The summed E-state index contributed by atoms with van der Waals surface area (Å²) in [6.07, 6.45) is 3.20. The van der Waals surface area contributed by atoms with E-state index in [0.29, 0.717) is 74.7 Å². The Balaban J connectivity index is 0.000000253. The number of hydrogen-bond donors (Lipinski definition) is 4. The van der Waals surface area contributed by atoms with Gasteiger partial charge in [0.15, 0.2) is 5.82 Å². The van der Waals surface area contributed by atoms with E-state index in [9.17, 15) is 50.4 Å². The average Bonchev–Trinajstić information content (AvgIpc) is 0.985. The standard InChI is InChI=1S/C31H39F3N4O4.C25H21F5N6OS.C4H10.C2H6/c1-21(22-7-9-23(10-8-22)30-25(33)18-24(32)19-26(30)34)36-31(41)27-6-4-15-38(27)29(40)20-35-28(39)11-17-42-16-5-14-37-12-2-3-13-37;1-3-18(26)21-13(16(8-31)22(32)38-21)6-14-17(25(28,29)30)7-15-20(19(14)27)34-24(37-2)35-23(15)36-9-11-4-5-12(10-36)33-11;1-4(2)3;1-2/h7-10,18-19,21,27H,2-6,11-17,20H2,1H3,(H,35,39)(H,36,41);3,6-7,11-12,33H,1,4-5,9-10,32H2,2H3;4H,1-3H3;1-2H3/b;13-6+,21-18-;;/t21-,27-;;;/m0.../s1. The second-order valence-electron chi connectivity index (χ2n) is 21.6. The molecule has 4 atom stereocenters. The first kappa shape index (κ1) is 67.9. The second-order valence-corrected chi connectivity index (χ2v) is 22.7. The summed E-state index contributed by atoms with van der Waals surface area (Å²) >= 11 is 0.653. The fourth-order valence-electron chi connectivity index (χ4n) is 10.5. The molecule has 4 fully saturated rings. The van der Waals surface area contributed by atoms with E-state index < -0.39 is 64.0 Å². The zero-order valence-electron chi connectivity index (χ0n) is 49.5. The number of nitrogens with two attached hydrogens (primary N) is 1. The predicted molar refractivity (Wildman–Crippen MR) is 318 cm³/mol. The number of carbonyl (C=O) groups excluding carboxylic acids is 3. The van der Waals surface area contributed by atoms with E-state index in [4.69, 9.17) is 15.2 Å². The molecule has 2 unspecified atom stereocenters. The monoisotopic (exact) mass is 1220 g/mol. The van der Waals surface area contributed by atoms with Crippen LogP contribution in [0.5, 0.6) is 6.01 Å². The Bertz CT molecular complexity index is 3310. The van der Waals surface area contributed by atoms with E-state index in [1.165, 1.54) is 37.0 Å². The van der Waals surface area contributed by atoms with Gasteiger partial charge in [0, 0.05) is 79.6 Å². The molecule has 2 aromatic heterocycles. The average molecular weight is 1230 g/mol. The van der Waals surface area contributed by atoms with Gasteiger partial charge in [0.2, 0.25) is 17.7 Å². The van der Waals surface area contributed by atoms with Crippen LogP contribution in [-0.4, -0.2) is 122 Å². The van der Waals surface area contributed by atoms with Gasteiger partial charge in [0.05, 0.1) is 47.5 Å². The molecule has 3 aromatic carbocycles. The number of piperazine rings is 1. The highest BCUT2D eigenvalue weighted by molar-refractivity contribution is 7.14. The van der Waals surface area contributed by atoms with Crippen LogP contribution in [0.15, 0.2) is 55.1 Å². The third kappa shape index (κ3) is 17.5. The third-order valence-corrected chi connectivity index (χ3v) is 15.6. The molecule has 86 heavy (non-hydrogen) atoms. The van der Waals surface area contributed by atoms with Crippen LogP contribution in [-0.2, 0) is 25.3 Å². The van der Waals surface area contributed by atoms with Crippen molar-refractivity contribution >= 4 is 62.7 Å². The lowest BCUT2D eigenvalue weighted by atomic mass is 10.00. The number of allylic oxidation sites excluding steroid dienone is 1. The summed E-state index contributed by atoms with van der Waals surface area (Å²) in [5.74, 6) is -5.18. The van der Waals surface area contributed by atoms with E-state index in [1.807, 2.05) is 18.7 Å². The van der Waals surface area contributed by atoms with Crippen molar-refractivity contribution in [3.63, 3.8) is 0 Å². The smallest absolute Gasteiger partial charge is 0.417 e. The molecule has 9 rings (SSSR count). The van der Waals surface area contributed by atoms with Crippen molar-refractivity contribution in [3.8, 4) is 23.2 Å². The van der Waals surface area contributed by atoms with Gasteiger partial charge in [0.25, 0.3) is 0 Å². The molecule has 4 aliphatic rings. The lowest BCUT2D eigenvalue weighted by molar-refractivity contribution is -0.139. The number of methoxy groups -OCH3 is 1. The Morgan fingerprint density at radius 2 is 1.58 bits per heavy atom. The number of nitrogen functional groups attached to an aromatic ring is 1. The first-order valence-electron chi connectivity index (χ1n) is 28.9. The van der Waals surface area contributed by atoms with Crippen molar-refractivity contribution in [3.05, 3.63) is 110 Å². The number of nitrogens with one attached hydrogen (secondary N) is 3. The number of amides is 3. The van der Waals surface area contributed by atoms with Crippen LogP contribution in [0.3, 0.4) is 0 Å². The van der Waals surface area contributed by atoms with Crippen molar-refractivity contribution in [1.82, 2.24) is 35.7 Å². The molecule has 0 aliphatic carbocycles. The van der Waals surface area contributed by atoms with Crippen molar-refractivity contribution in [2.45, 2.75) is 123 Å². The van der Waals surface area contributed by atoms with Gasteiger partial charge in [-0.1, -0.05) is 65.5 Å². The maximum Gasteiger partial charge on any atom is 0.417 e. The van der Waals surface area contributed by atoms with Crippen LogP contribution in [0, 0.1) is 40.5 Å². The maximum absolute atomic E-state index is 16.1. The van der Waals surface area contributed by atoms with Gasteiger partial charge in [0.1, 0.15) is 51.7 Å². The molecule has 2 bridgehead atoms. The highest BCUT2D eigenvalue weighted by atomic mass is 32.1. The number of carbonyl (C=O) groups is 3. The van der Waals surface area contributed by atoms with E-state index in [0.717, 1.165) is 63.0 Å². The van der Waals surface area contributed by atoms with Crippen LogP contribution in [0.1, 0.15) is 121 Å². The number of hydrogen-bond acceptors (Lipinski definition) is 13. The molecule has 24 heteroatoms. The van der Waals surface area contributed by atoms with Gasteiger partial charge in [-0.05, 0) is 100 Å². The Labute approximate surface area is 500 Å². The van der Waals surface area contributed by atoms with Crippen LogP contribution in [0.25, 0.3) is 33.9 Å². The van der Waals surface area contributed by atoms with Gasteiger partial charge in [-0.2, -0.15) is 28.4 Å². The van der Waals surface area contributed by atoms with E-state index in [1.54, 1.807) is 25.1 Å². The Morgan fingerprint density at radius 1 is 0.942 bits per heavy atom. The molecule has 4 aliphatic heterocycles. The van der Waals surface area contributed by atoms with Crippen LogP contribution in [0.2, 0.25) is 0 Å². The number of nitriles is 1. The number of alkyl halides is 3. The van der Waals surface area contributed by atoms with Crippen LogP contribution < -0.4 is 41.1 Å². The van der Waals surface area contributed by atoms with Gasteiger partial charge >= 0.3 is 12.2 Å². The number of likely N-dealkylation sites (tertiary alicyclic amines) is 2. The van der Waals surface area contributed by atoms with Crippen molar-refractivity contribution in [2.75, 3.05) is 76.8 Å². The summed E-state index contributed by atoms with van der Waals surface area (Å²) < 4.78 is 126. The van der Waals surface area contributed by atoms with Gasteiger partial charge < -0.3 is 45.9 Å². The minimum absolute atomic E-state index is 0.125. The molecule has 6 heterocycles. The number of nitrogens with zero attached hydrogens (tertiary/aromatic N) is 6. The zero-order valence-corrected chi connectivity index (χ0v) is 50.4. The first-order valence-corrected chi connectivity index (χ1v) is 29.7. The van der Waals surface area contributed by atoms with E-state index in [2.05, 4.69) is 58.2 Å².